The zero-order chi connectivity index (χ0) is 18.2. The number of aromatic amines is 1. The van der Waals surface area contributed by atoms with Crippen molar-refractivity contribution in [1.29, 1.82) is 0 Å². The Hall–Kier alpha value is -1.40. The van der Waals surface area contributed by atoms with Crippen LogP contribution in [0.5, 0.6) is 0 Å². The van der Waals surface area contributed by atoms with Gasteiger partial charge in [-0.25, -0.2) is 0 Å². The van der Waals surface area contributed by atoms with Crippen LogP contribution < -0.4 is 5.32 Å². The van der Waals surface area contributed by atoms with Crippen molar-refractivity contribution >= 4 is 5.91 Å². The van der Waals surface area contributed by atoms with Gasteiger partial charge in [-0.05, 0) is 46.0 Å². The summed E-state index contributed by atoms with van der Waals surface area (Å²) >= 11 is 0. The molecule has 3 aliphatic rings. The van der Waals surface area contributed by atoms with Gasteiger partial charge in [-0.15, -0.1) is 0 Å². The van der Waals surface area contributed by atoms with E-state index < -0.39 is 0 Å². The maximum atomic E-state index is 12.8. The first-order chi connectivity index (χ1) is 12.5. The van der Waals surface area contributed by atoms with Gasteiger partial charge in [-0.2, -0.15) is 5.10 Å². The monoisotopic (exact) mass is 360 g/mol. The molecule has 2 heterocycles. The minimum absolute atomic E-state index is 0.0122. The molecule has 144 valence electrons. The van der Waals surface area contributed by atoms with Gasteiger partial charge < -0.3 is 10.1 Å². The van der Waals surface area contributed by atoms with Gasteiger partial charge >= 0.3 is 0 Å². The molecular formula is C20H32N4O2. The summed E-state index contributed by atoms with van der Waals surface area (Å²) in [6.07, 6.45) is 9.20. The third-order valence-electron chi connectivity index (χ3n) is 6.48. The number of morpholine rings is 1. The molecule has 0 spiro atoms. The highest BCUT2D eigenvalue weighted by Gasteiger charge is 2.42. The average molecular weight is 361 g/mol. The molecule has 1 saturated carbocycles. The Kier molecular flexibility index (Phi) is 4.82. The van der Waals surface area contributed by atoms with Crippen LogP contribution in [0.2, 0.25) is 0 Å². The molecule has 0 atom stereocenters. The van der Waals surface area contributed by atoms with E-state index >= 15 is 0 Å². The predicted octanol–water partition coefficient (Wildman–Crippen LogP) is 2.44. The fourth-order valence-electron chi connectivity index (χ4n) is 5.07. The Labute approximate surface area is 156 Å². The molecule has 1 amide bonds. The van der Waals surface area contributed by atoms with E-state index in [0.717, 1.165) is 63.1 Å². The van der Waals surface area contributed by atoms with Crippen molar-refractivity contribution in [1.82, 2.24) is 20.4 Å². The maximum Gasteiger partial charge on any atom is 0.272 e. The lowest BCUT2D eigenvalue weighted by Gasteiger charge is -2.51. The number of nitrogens with zero attached hydrogens (tertiary/aromatic N) is 2. The summed E-state index contributed by atoms with van der Waals surface area (Å²) in [5, 5.41) is 10.6. The number of H-pyrrole nitrogens is 1. The first kappa shape index (κ1) is 18.0. The van der Waals surface area contributed by atoms with Crippen LogP contribution in [0.1, 0.15) is 74.1 Å². The van der Waals surface area contributed by atoms with E-state index in [2.05, 4.69) is 34.3 Å². The Morgan fingerprint density at radius 1 is 1.23 bits per heavy atom. The zero-order valence-corrected chi connectivity index (χ0v) is 16.2. The number of nitrogens with one attached hydrogen (secondary N) is 2. The number of aryl methyl sites for hydroxylation is 1. The molecule has 0 radical (unpaired) electrons. The van der Waals surface area contributed by atoms with Gasteiger partial charge in [0.05, 0.1) is 12.2 Å². The first-order valence-electron chi connectivity index (χ1n) is 10.2. The molecule has 4 rings (SSSR count). The Bertz CT molecular complexity index is 661. The van der Waals surface area contributed by atoms with E-state index in [1.54, 1.807) is 0 Å². The molecule has 2 N–H and O–H groups in total. The van der Waals surface area contributed by atoms with Crippen LogP contribution >= 0.6 is 0 Å². The Morgan fingerprint density at radius 2 is 2.04 bits per heavy atom. The topological polar surface area (TPSA) is 70.2 Å². The molecule has 6 nitrogen and oxygen atoms in total. The van der Waals surface area contributed by atoms with Crippen molar-refractivity contribution in [3.8, 4) is 0 Å². The molecular weight excluding hydrogens is 328 g/mol. The summed E-state index contributed by atoms with van der Waals surface area (Å²) in [7, 11) is 0. The molecule has 1 aliphatic heterocycles. The van der Waals surface area contributed by atoms with E-state index in [-0.39, 0.29) is 17.0 Å². The minimum Gasteiger partial charge on any atom is -0.373 e. The number of amides is 1. The molecule has 1 aromatic heterocycles. The molecule has 2 fully saturated rings. The smallest absolute Gasteiger partial charge is 0.272 e. The predicted molar refractivity (Wildman–Crippen MR) is 100 cm³/mol. The van der Waals surface area contributed by atoms with Crippen LogP contribution in [-0.2, 0) is 17.6 Å². The number of rotatable bonds is 4. The van der Waals surface area contributed by atoms with Crippen LogP contribution in [0.25, 0.3) is 0 Å². The number of fused-ring (bicyclic) bond motifs is 1. The van der Waals surface area contributed by atoms with Crippen LogP contribution in [0.15, 0.2) is 0 Å². The minimum atomic E-state index is -0.115. The molecule has 1 aromatic rings. The highest BCUT2D eigenvalue weighted by atomic mass is 16.5. The van der Waals surface area contributed by atoms with Crippen LogP contribution in [0.3, 0.4) is 0 Å². The van der Waals surface area contributed by atoms with E-state index in [0.29, 0.717) is 12.2 Å². The summed E-state index contributed by atoms with van der Waals surface area (Å²) in [6, 6.07) is 0. The van der Waals surface area contributed by atoms with Gasteiger partial charge in [-0.3, -0.25) is 14.8 Å². The van der Waals surface area contributed by atoms with Crippen LogP contribution in [0.4, 0.5) is 0 Å². The number of carbonyl (C=O) groups excluding carboxylic acids is 1. The highest BCUT2D eigenvalue weighted by molar-refractivity contribution is 5.94. The number of hydrogen-bond donors (Lipinski definition) is 2. The number of aromatic nitrogens is 2. The van der Waals surface area contributed by atoms with Crippen molar-refractivity contribution in [3.05, 3.63) is 17.0 Å². The third kappa shape index (κ3) is 3.41. The summed E-state index contributed by atoms with van der Waals surface area (Å²) in [6.45, 7) is 7.71. The van der Waals surface area contributed by atoms with Crippen LogP contribution in [0, 0.1) is 0 Å². The van der Waals surface area contributed by atoms with Crippen molar-refractivity contribution in [3.63, 3.8) is 0 Å². The molecule has 2 aliphatic carbocycles. The quantitative estimate of drug-likeness (QED) is 0.865. The lowest BCUT2D eigenvalue weighted by Crippen LogP contribution is -2.63. The summed E-state index contributed by atoms with van der Waals surface area (Å²) < 4.78 is 5.92. The van der Waals surface area contributed by atoms with Crippen molar-refractivity contribution < 1.29 is 9.53 Å². The largest absolute Gasteiger partial charge is 0.373 e. The van der Waals surface area contributed by atoms with Crippen molar-refractivity contribution in [2.45, 2.75) is 76.4 Å². The van der Waals surface area contributed by atoms with E-state index in [1.165, 1.54) is 19.3 Å². The zero-order valence-electron chi connectivity index (χ0n) is 16.2. The van der Waals surface area contributed by atoms with E-state index in [9.17, 15) is 4.79 Å². The number of ether oxygens (including phenoxy) is 1. The summed E-state index contributed by atoms with van der Waals surface area (Å²) in [5.41, 5.74) is 2.85. The fourth-order valence-corrected chi connectivity index (χ4v) is 5.07. The second-order valence-corrected chi connectivity index (χ2v) is 8.88. The lowest BCUT2D eigenvalue weighted by molar-refractivity contribution is -0.122. The van der Waals surface area contributed by atoms with Gasteiger partial charge in [0, 0.05) is 36.4 Å². The fraction of sp³-hybridized carbons (Fsp3) is 0.800. The van der Waals surface area contributed by atoms with Gasteiger partial charge in [-0.1, -0.05) is 19.3 Å². The second-order valence-electron chi connectivity index (χ2n) is 8.88. The Balaban J connectivity index is 1.47. The summed E-state index contributed by atoms with van der Waals surface area (Å²) in [4.78, 5) is 15.4. The maximum absolute atomic E-state index is 12.8. The lowest BCUT2D eigenvalue weighted by atomic mass is 9.79. The summed E-state index contributed by atoms with van der Waals surface area (Å²) in [5.74, 6) is -0.0122. The van der Waals surface area contributed by atoms with Crippen LogP contribution in [-0.4, -0.2) is 58.4 Å². The van der Waals surface area contributed by atoms with Gasteiger partial charge in [0.25, 0.3) is 5.91 Å². The second kappa shape index (κ2) is 6.97. The normalized spacial score (nSPS) is 25.0. The molecule has 0 aromatic carbocycles. The number of hydrogen-bond acceptors (Lipinski definition) is 4. The van der Waals surface area contributed by atoms with Crippen molar-refractivity contribution in [2.75, 3.05) is 26.2 Å². The van der Waals surface area contributed by atoms with Gasteiger partial charge in [0.15, 0.2) is 5.69 Å². The van der Waals surface area contributed by atoms with Gasteiger partial charge in [0.1, 0.15) is 0 Å². The van der Waals surface area contributed by atoms with E-state index in [4.69, 9.17) is 4.74 Å². The molecule has 6 heteroatoms. The molecule has 26 heavy (non-hydrogen) atoms. The van der Waals surface area contributed by atoms with Gasteiger partial charge in [0.2, 0.25) is 0 Å². The van der Waals surface area contributed by atoms with Crippen molar-refractivity contribution in [2.24, 2.45) is 0 Å². The molecule has 0 unspecified atom stereocenters. The number of carbonyl (C=O) groups is 1. The standard InChI is InChI=1S/C20H32N4O2/c1-19(2)14-24(11-12-26-19)20(9-4-3-5-10-20)13-21-18(25)17-15-7-6-8-16(15)22-23-17/h3-14H2,1-2H3,(H,21,25)(H,22,23). The Morgan fingerprint density at radius 3 is 2.81 bits per heavy atom. The highest BCUT2D eigenvalue weighted by Crippen LogP contribution is 2.36. The first-order valence-corrected chi connectivity index (χ1v) is 10.2. The third-order valence-corrected chi connectivity index (χ3v) is 6.48. The van der Waals surface area contributed by atoms with E-state index in [1.807, 2.05) is 0 Å². The molecule has 1 saturated heterocycles. The average Bonchev–Trinajstić information content (AvgIpc) is 3.23. The SMILES string of the molecule is CC1(C)CN(C2(CNC(=O)c3n[nH]c4c3CCC4)CCCCC2)CCO1. The molecule has 0 bridgehead atoms.